The Bertz CT molecular complexity index is 361. The topological polar surface area (TPSA) is 35.2 Å². The molecule has 0 aliphatic heterocycles. The van der Waals surface area contributed by atoms with Crippen molar-refractivity contribution in [2.24, 2.45) is 5.73 Å². The number of ether oxygens (including phenoxy) is 1. The van der Waals surface area contributed by atoms with Crippen molar-refractivity contribution >= 4 is 5.57 Å². The summed E-state index contributed by atoms with van der Waals surface area (Å²) in [6.45, 7) is 2.55. The average Bonchev–Trinajstić information content (AvgIpc) is 2.25. The first-order chi connectivity index (χ1) is 7.19. The standard InChI is InChI=1S/C12H16FNO/c1-9(4-3-7-14)10-5-6-12(15-2)11(13)8-10/h4-6,8H,3,7,14H2,1-2H3. The van der Waals surface area contributed by atoms with Crippen LogP contribution in [0.4, 0.5) is 4.39 Å². The van der Waals surface area contributed by atoms with Gasteiger partial charge in [0.05, 0.1) is 7.11 Å². The van der Waals surface area contributed by atoms with Crippen LogP contribution >= 0.6 is 0 Å². The van der Waals surface area contributed by atoms with Crippen molar-refractivity contribution in [3.63, 3.8) is 0 Å². The third-order valence-electron chi connectivity index (χ3n) is 2.22. The summed E-state index contributed by atoms with van der Waals surface area (Å²) in [5.74, 6) is -0.0686. The predicted octanol–water partition coefficient (Wildman–Crippen LogP) is 2.59. The maximum atomic E-state index is 13.4. The van der Waals surface area contributed by atoms with Crippen molar-refractivity contribution in [1.29, 1.82) is 0 Å². The molecule has 0 aliphatic rings. The monoisotopic (exact) mass is 209 g/mol. The fourth-order valence-electron chi connectivity index (χ4n) is 1.33. The molecule has 0 aliphatic carbocycles. The molecule has 3 heteroatoms. The number of halogens is 1. The lowest BCUT2D eigenvalue weighted by Gasteiger charge is -2.05. The van der Waals surface area contributed by atoms with Crippen LogP contribution in [0.1, 0.15) is 18.9 Å². The molecule has 0 saturated carbocycles. The summed E-state index contributed by atoms with van der Waals surface area (Å²) in [6, 6.07) is 4.94. The predicted molar refractivity (Wildman–Crippen MR) is 60.3 cm³/mol. The molecule has 1 rings (SSSR count). The van der Waals surface area contributed by atoms with E-state index < -0.39 is 0 Å². The molecule has 0 aromatic heterocycles. The number of rotatable bonds is 4. The molecule has 0 saturated heterocycles. The van der Waals surface area contributed by atoms with Gasteiger partial charge in [-0.15, -0.1) is 0 Å². The molecule has 2 N–H and O–H groups in total. The van der Waals surface area contributed by atoms with Crippen molar-refractivity contribution in [1.82, 2.24) is 0 Å². The van der Waals surface area contributed by atoms with E-state index in [1.165, 1.54) is 13.2 Å². The summed E-state index contributed by atoms with van der Waals surface area (Å²) in [5, 5.41) is 0. The molecule has 15 heavy (non-hydrogen) atoms. The summed E-state index contributed by atoms with van der Waals surface area (Å²) < 4.78 is 18.2. The number of methoxy groups -OCH3 is 1. The van der Waals surface area contributed by atoms with Crippen molar-refractivity contribution in [3.8, 4) is 5.75 Å². The van der Waals surface area contributed by atoms with Crippen molar-refractivity contribution in [2.75, 3.05) is 13.7 Å². The molecular weight excluding hydrogens is 193 g/mol. The number of hydrogen-bond acceptors (Lipinski definition) is 2. The van der Waals surface area contributed by atoms with Gasteiger partial charge in [0.15, 0.2) is 11.6 Å². The zero-order chi connectivity index (χ0) is 11.3. The minimum Gasteiger partial charge on any atom is -0.494 e. The van der Waals surface area contributed by atoms with Crippen LogP contribution in [-0.2, 0) is 0 Å². The normalized spacial score (nSPS) is 11.6. The van der Waals surface area contributed by atoms with E-state index in [9.17, 15) is 4.39 Å². The Morgan fingerprint density at radius 2 is 2.27 bits per heavy atom. The molecule has 0 spiro atoms. The van der Waals surface area contributed by atoms with Gasteiger partial charge in [0.25, 0.3) is 0 Å². The fourth-order valence-corrected chi connectivity index (χ4v) is 1.33. The largest absolute Gasteiger partial charge is 0.494 e. The van der Waals surface area contributed by atoms with Crippen LogP contribution in [0.3, 0.4) is 0 Å². The third-order valence-corrected chi connectivity index (χ3v) is 2.22. The number of hydrogen-bond donors (Lipinski definition) is 1. The molecule has 0 unspecified atom stereocenters. The lowest BCUT2D eigenvalue weighted by atomic mass is 10.1. The van der Waals surface area contributed by atoms with Crippen molar-refractivity contribution in [2.45, 2.75) is 13.3 Å². The summed E-state index contributed by atoms with van der Waals surface area (Å²) in [6.07, 6.45) is 2.81. The van der Waals surface area contributed by atoms with Crippen LogP contribution in [-0.4, -0.2) is 13.7 Å². The van der Waals surface area contributed by atoms with Crippen LogP contribution < -0.4 is 10.5 Å². The van der Waals surface area contributed by atoms with E-state index in [4.69, 9.17) is 10.5 Å². The van der Waals surface area contributed by atoms with E-state index in [-0.39, 0.29) is 11.6 Å². The first-order valence-corrected chi connectivity index (χ1v) is 4.89. The summed E-state index contributed by atoms with van der Waals surface area (Å²) in [4.78, 5) is 0. The summed E-state index contributed by atoms with van der Waals surface area (Å²) in [5.41, 5.74) is 7.28. The third kappa shape index (κ3) is 3.06. The van der Waals surface area contributed by atoms with E-state index in [0.29, 0.717) is 6.54 Å². The second kappa shape index (κ2) is 5.51. The molecule has 0 radical (unpaired) electrons. The lowest BCUT2D eigenvalue weighted by molar-refractivity contribution is 0.386. The highest BCUT2D eigenvalue weighted by molar-refractivity contribution is 5.64. The van der Waals surface area contributed by atoms with Crippen molar-refractivity contribution < 1.29 is 9.13 Å². The maximum Gasteiger partial charge on any atom is 0.165 e. The van der Waals surface area contributed by atoms with Crippen LogP contribution in [0.25, 0.3) is 5.57 Å². The summed E-state index contributed by atoms with van der Waals surface area (Å²) in [7, 11) is 1.45. The van der Waals surface area contributed by atoms with Gasteiger partial charge in [-0.2, -0.15) is 0 Å². The van der Waals surface area contributed by atoms with E-state index >= 15 is 0 Å². The average molecular weight is 209 g/mol. The molecule has 2 nitrogen and oxygen atoms in total. The van der Waals surface area contributed by atoms with Crippen LogP contribution in [0.2, 0.25) is 0 Å². The van der Waals surface area contributed by atoms with Gasteiger partial charge < -0.3 is 10.5 Å². The Balaban J connectivity index is 2.92. The van der Waals surface area contributed by atoms with E-state index in [0.717, 1.165) is 17.6 Å². The fraction of sp³-hybridized carbons (Fsp3) is 0.333. The first-order valence-electron chi connectivity index (χ1n) is 4.89. The quantitative estimate of drug-likeness (QED) is 0.827. The van der Waals surface area contributed by atoms with Crippen molar-refractivity contribution in [3.05, 3.63) is 35.7 Å². The lowest BCUT2D eigenvalue weighted by Crippen LogP contribution is -1.96. The van der Waals surface area contributed by atoms with Gasteiger partial charge >= 0.3 is 0 Å². The maximum absolute atomic E-state index is 13.4. The van der Waals surface area contributed by atoms with Gasteiger partial charge in [0, 0.05) is 0 Å². The highest BCUT2D eigenvalue weighted by Crippen LogP contribution is 2.22. The second-order valence-electron chi connectivity index (χ2n) is 3.31. The zero-order valence-corrected chi connectivity index (χ0v) is 9.09. The molecular formula is C12H16FNO. The number of allylic oxidation sites excluding steroid dienone is 1. The number of nitrogens with two attached hydrogens (primary N) is 1. The molecule has 0 fully saturated rings. The van der Waals surface area contributed by atoms with E-state index in [1.807, 2.05) is 19.1 Å². The molecule has 1 aromatic rings. The second-order valence-corrected chi connectivity index (χ2v) is 3.31. The molecule has 0 amide bonds. The van der Waals surface area contributed by atoms with Crippen LogP contribution in [0.5, 0.6) is 5.75 Å². The van der Waals surface area contributed by atoms with Gasteiger partial charge in [-0.25, -0.2) is 4.39 Å². The Morgan fingerprint density at radius 1 is 1.53 bits per heavy atom. The molecule has 0 heterocycles. The van der Waals surface area contributed by atoms with Crippen LogP contribution in [0, 0.1) is 5.82 Å². The summed E-state index contributed by atoms with van der Waals surface area (Å²) >= 11 is 0. The Hall–Kier alpha value is -1.35. The first kappa shape index (κ1) is 11.7. The Morgan fingerprint density at radius 3 is 2.80 bits per heavy atom. The van der Waals surface area contributed by atoms with Gasteiger partial charge in [-0.3, -0.25) is 0 Å². The molecule has 82 valence electrons. The smallest absolute Gasteiger partial charge is 0.165 e. The van der Waals surface area contributed by atoms with Gasteiger partial charge in [0.1, 0.15) is 0 Å². The number of benzene rings is 1. The molecule has 0 atom stereocenters. The van der Waals surface area contributed by atoms with Crippen LogP contribution in [0.15, 0.2) is 24.3 Å². The minimum atomic E-state index is -0.338. The Labute approximate surface area is 89.6 Å². The van der Waals surface area contributed by atoms with Gasteiger partial charge in [-0.05, 0) is 43.2 Å². The zero-order valence-electron chi connectivity index (χ0n) is 9.09. The highest BCUT2D eigenvalue weighted by Gasteiger charge is 2.03. The van der Waals surface area contributed by atoms with Gasteiger partial charge in [0.2, 0.25) is 0 Å². The van der Waals surface area contributed by atoms with E-state index in [2.05, 4.69) is 0 Å². The minimum absolute atomic E-state index is 0.269. The molecule has 1 aromatic carbocycles. The highest BCUT2D eigenvalue weighted by atomic mass is 19.1. The van der Waals surface area contributed by atoms with Gasteiger partial charge in [-0.1, -0.05) is 12.1 Å². The molecule has 0 bridgehead atoms. The van der Waals surface area contributed by atoms with E-state index in [1.54, 1.807) is 6.07 Å². The SMILES string of the molecule is COc1ccc(C(C)=CCCN)cc1F. The Kier molecular flexibility index (Phi) is 4.31.